The van der Waals surface area contributed by atoms with E-state index in [1.54, 1.807) is 0 Å². The Kier molecular flexibility index (Phi) is 5.71. The molecule has 0 spiro atoms. The summed E-state index contributed by atoms with van der Waals surface area (Å²) in [5.41, 5.74) is 4.72. The molecule has 2 nitrogen and oxygen atoms in total. The minimum absolute atomic E-state index is 0.717. The van der Waals surface area contributed by atoms with Crippen LogP contribution in [0, 0.1) is 0 Å². The van der Waals surface area contributed by atoms with Crippen molar-refractivity contribution < 1.29 is 0 Å². The molecule has 0 aliphatic carbocycles. The predicted molar refractivity (Wildman–Crippen MR) is 102 cm³/mol. The van der Waals surface area contributed by atoms with Crippen LogP contribution in [0.25, 0.3) is 11.3 Å². The molecule has 3 rings (SSSR count). The summed E-state index contributed by atoms with van der Waals surface area (Å²) in [6.45, 7) is 2.24. The summed E-state index contributed by atoms with van der Waals surface area (Å²) in [5, 5.41) is 0.784. The zero-order valence-corrected chi connectivity index (χ0v) is 14.8. The zero-order valence-electron chi connectivity index (χ0n) is 14.1. The maximum atomic E-state index is 6.23. The first-order valence-corrected chi connectivity index (χ1v) is 9.00. The smallest absolute Gasteiger partial charge is 0.110 e. The van der Waals surface area contributed by atoms with Gasteiger partial charge in [0.15, 0.2) is 0 Å². The molecule has 3 aromatic rings. The summed E-state index contributed by atoms with van der Waals surface area (Å²) in [6, 6.07) is 16.7. The van der Waals surface area contributed by atoms with Gasteiger partial charge in [-0.25, -0.2) is 4.98 Å². The predicted octanol–water partition coefficient (Wildman–Crippen LogP) is 6.05. The molecule has 0 radical (unpaired) electrons. The lowest BCUT2D eigenvalue weighted by atomic mass is 10.0. The van der Waals surface area contributed by atoms with E-state index >= 15 is 0 Å². The highest BCUT2D eigenvalue weighted by molar-refractivity contribution is 6.31. The number of nitrogens with one attached hydrogen (secondary N) is 1. The Bertz CT molecular complexity index is 775. The Hall–Kier alpha value is -2.06. The van der Waals surface area contributed by atoms with Crippen LogP contribution in [-0.4, -0.2) is 9.97 Å². The molecule has 0 aliphatic rings. The second kappa shape index (κ2) is 8.16. The number of unbranched alkanes of at least 4 members (excludes halogenated alkanes) is 2. The normalized spacial score (nSPS) is 10.9. The van der Waals surface area contributed by atoms with Crippen LogP contribution >= 0.6 is 11.6 Å². The van der Waals surface area contributed by atoms with Crippen molar-refractivity contribution >= 4 is 11.6 Å². The van der Waals surface area contributed by atoms with Gasteiger partial charge in [-0.3, -0.25) is 0 Å². The van der Waals surface area contributed by atoms with Crippen molar-refractivity contribution in [3.05, 3.63) is 76.7 Å². The fourth-order valence-corrected chi connectivity index (χ4v) is 3.05. The lowest BCUT2D eigenvalue weighted by Gasteiger charge is -2.03. The number of nitrogens with zero attached hydrogens (tertiary/aromatic N) is 1. The SMILES string of the molecule is CCCCCc1ccc(-c2cnc(Cc3ccccc3Cl)[nH]2)cc1. The van der Waals surface area contributed by atoms with E-state index in [1.165, 1.54) is 30.4 Å². The third-order valence-corrected chi connectivity index (χ3v) is 4.65. The molecule has 1 N–H and O–H groups in total. The number of aryl methyl sites for hydroxylation is 1. The molecule has 0 bridgehead atoms. The molecule has 24 heavy (non-hydrogen) atoms. The van der Waals surface area contributed by atoms with Crippen molar-refractivity contribution in [1.29, 1.82) is 0 Å². The van der Waals surface area contributed by atoms with Gasteiger partial charge in [0.05, 0.1) is 11.9 Å². The molecule has 2 aromatic carbocycles. The summed E-state index contributed by atoms with van der Waals surface area (Å²) in [4.78, 5) is 7.91. The van der Waals surface area contributed by atoms with Gasteiger partial charge in [-0.15, -0.1) is 0 Å². The molecule has 1 heterocycles. The number of hydrogen-bond acceptors (Lipinski definition) is 1. The highest BCUT2D eigenvalue weighted by Crippen LogP contribution is 2.21. The highest BCUT2D eigenvalue weighted by Gasteiger charge is 2.06. The second-order valence-corrected chi connectivity index (χ2v) is 6.57. The number of hydrogen-bond donors (Lipinski definition) is 1. The summed E-state index contributed by atoms with van der Waals surface area (Å²) < 4.78 is 0. The van der Waals surface area contributed by atoms with Crippen molar-refractivity contribution in [2.75, 3.05) is 0 Å². The van der Waals surface area contributed by atoms with E-state index in [9.17, 15) is 0 Å². The number of halogens is 1. The third-order valence-electron chi connectivity index (χ3n) is 4.28. The topological polar surface area (TPSA) is 28.7 Å². The molecule has 3 heteroatoms. The molecule has 0 saturated carbocycles. The summed E-state index contributed by atoms with van der Waals surface area (Å²) in [5.74, 6) is 0.935. The van der Waals surface area contributed by atoms with Crippen molar-refractivity contribution in [3.8, 4) is 11.3 Å². The number of H-pyrrole nitrogens is 1. The van der Waals surface area contributed by atoms with Crippen molar-refractivity contribution in [2.45, 2.75) is 39.0 Å². The van der Waals surface area contributed by atoms with Gasteiger partial charge in [0.2, 0.25) is 0 Å². The monoisotopic (exact) mass is 338 g/mol. The van der Waals surface area contributed by atoms with Gasteiger partial charge in [-0.1, -0.05) is 73.8 Å². The Morgan fingerprint density at radius 1 is 1.00 bits per heavy atom. The molecule has 0 unspecified atom stereocenters. The Balaban J connectivity index is 1.68. The molecule has 0 aliphatic heterocycles. The number of imidazole rings is 1. The standard InChI is InChI=1S/C21H23ClN2/c1-2-3-4-7-16-10-12-17(13-11-16)20-15-23-21(24-20)14-18-8-5-6-9-19(18)22/h5-6,8-13,15H,2-4,7,14H2,1H3,(H,23,24). The average Bonchev–Trinajstić information content (AvgIpc) is 3.06. The van der Waals surface area contributed by atoms with Gasteiger partial charge in [0.25, 0.3) is 0 Å². The minimum atomic E-state index is 0.717. The number of benzene rings is 2. The van der Waals surface area contributed by atoms with Gasteiger partial charge in [0, 0.05) is 11.4 Å². The number of aromatic nitrogens is 2. The van der Waals surface area contributed by atoms with Crippen molar-refractivity contribution in [1.82, 2.24) is 9.97 Å². The van der Waals surface area contributed by atoms with Gasteiger partial charge >= 0.3 is 0 Å². The molecule has 0 amide bonds. The third kappa shape index (κ3) is 4.27. The highest BCUT2D eigenvalue weighted by atomic mass is 35.5. The van der Waals surface area contributed by atoms with Crippen LogP contribution in [-0.2, 0) is 12.8 Å². The largest absolute Gasteiger partial charge is 0.342 e. The van der Waals surface area contributed by atoms with Crippen LogP contribution in [0.2, 0.25) is 5.02 Å². The van der Waals surface area contributed by atoms with Crippen molar-refractivity contribution in [2.24, 2.45) is 0 Å². The van der Waals surface area contributed by atoms with Gasteiger partial charge in [0.1, 0.15) is 5.82 Å². The number of rotatable bonds is 7. The Morgan fingerprint density at radius 2 is 1.79 bits per heavy atom. The minimum Gasteiger partial charge on any atom is -0.342 e. The van der Waals surface area contributed by atoms with E-state index in [1.807, 2.05) is 30.5 Å². The fourth-order valence-electron chi connectivity index (χ4n) is 2.85. The Morgan fingerprint density at radius 3 is 2.54 bits per heavy atom. The van der Waals surface area contributed by atoms with E-state index in [2.05, 4.69) is 41.2 Å². The molecular formula is C21H23ClN2. The van der Waals surface area contributed by atoms with Crippen LogP contribution in [0.5, 0.6) is 0 Å². The van der Waals surface area contributed by atoms with Crippen LogP contribution in [0.3, 0.4) is 0 Å². The van der Waals surface area contributed by atoms with E-state index in [-0.39, 0.29) is 0 Å². The maximum Gasteiger partial charge on any atom is 0.110 e. The molecule has 0 fully saturated rings. The first-order chi connectivity index (χ1) is 11.8. The molecular weight excluding hydrogens is 316 g/mol. The van der Waals surface area contributed by atoms with Crippen molar-refractivity contribution in [3.63, 3.8) is 0 Å². The maximum absolute atomic E-state index is 6.23. The van der Waals surface area contributed by atoms with E-state index in [4.69, 9.17) is 11.6 Å². The van der Waals surface area contributed by atoms with Gasteiger partial charge in [-0.2, -0.15) is 0 Å². The first kappa shape index (κ1) is 16.8. The first-order valence-electron chi connectivity index (χ1n) is 8.63. The second-order valence-electron chi connectivity index (χ2n) is 6.17. The van der Waals surface area contributed by atoms with Gasteiger partial charge < -0.3 is 4.98 Å². The molecule has 1 aromatic heterocycles. The zero-order chi connectivity index (χ0) is 16.8. The molecule has 0 saturated heterocycles. The van der Waals surface area contributed by atoms with Crippen LogP contribution in [0.1, 0.15) is 43.1 Å². The van der Waals surface area contributed by atoms with E-state index < -0.39 is 0 Å². The summed E-state index contributed by atoms with van der Waals surface area (Å²) in [7, 11) is 0. The van der Waals surface area contributed by atoms with E-state index in [0.29, 0.717) is 0 Å². The quantitative estimate of drug-likeness (QED) is 0.521. The average molecular weight is 339 g/mol. The number of aromatic amines is 1. The van der Waals surface area contributed by atoms with Crippen LogP contribution < -0.4 is 0 Å². The van der Waals surface area contributed by atoms with Crippen LogP contribution in [0.4, 0.5) is 0 Å². The lowest BCUT2D eigenvalue weighted by molar-refractivity contribution is 0.717. The van der Waals surface area contributed by atoms with Gasteiger partial charge in [-0.05, 0) is 35.6 Å². The van der Waals surface area contributed by atoms with E-state index in [0.717, 1.165) is 34.9 Å². The molecule has 0 atom stereocenters. The lowest BCUT2D eigenvalue weighted by Crippen LogP contribution is -1.91. The fraction of sp³-hybridized carbons (Fsp3) is 0.286. The summed E-state index contributed by atoms with van der Waals surface area (Å²) >= 11 is 6.23. The van der Waals surface area contributed by atoms with Crippen LogP contribution in [0.15, 0.2) is 54.7 Å². The summed E-state index contributed by atoms with van der Waals surface area (Å²) in [6.07, 6.45) is 7.61. The Labute approximate surface area is 148 Å². The molecule has 124 valence electrons.